The van der Waals surface area contributed by atoms with Crippen LogP contribution >= 0.6 is 0 Å². The Bertz CT molecular complexity index is 2060. The number of amides is 2. The largest absolute Gasteiger partial charge is 0.478 e. The molecule has 0 saturated heterocycles. The molecule has 6 N–H and O–H groups in total. The number of anilines is 2. The van der Waals surface area contributed by atoms with Crippen molar-refractivity contribution in [3.63, 3.8) is 0 Å². The van der Waals surface area contributed by atoms with E-state index in [2.05, 4.69) is 26.0 Å². The summed E-state index contributed by atoms with van der Waals surface area (Å²) in [6.45, 7) is -0.105. The molecule has 0 aliphatic heterocycles. The normalized spacial score (nSPS) is 14.0. The lowest BCUT2D eigenvalue weighted by Crippen LogP contribution is -2.37. The summed E-state index contributed by atoms with van der Waals surface area (Å²) < 4.78 is 15.7. The first kappa shape index (κ1) is 28.2. The molecule has 0 fully saturated rings. The van der Waals surface area contributed by atoms with Crippen LogP contribution in [0.15, 0.2) is 64.3 Å². The molecule has 0 radical (unpaired) electrons. The molecule has 2 amide bonds. The first-order valence-corrected chi connectivity index (χ1v) is 13.5. The van der Waals surface area contributed by atoms with Crippen molar-refractivity contribution in [3.05, 3.63) is 120 Å². The maximum Gasteiger partial charge on any atom is 0.335 e. The van der Waals surface area contributed by atoms with Gasteiger partial charge in [-0.15, -0.1) is 0 Å². The number of aromatic nitrogens is 3. The van der Waals surface area contributed by atoms with Crippen LogP contribution in [0.1, 0.15) is 66.1 Å². The molecule has 5 aromatic rings. The van der Waals surface area contributed by atoms with Gasteiger partial charge < -0.3 is 26.8 Å². The van der Waals surface area contributed by atoms with E-state index in [9.17, 15) is 33.5 Å². The average Bonchev–Trinajstić information content (AvgIpc) is 3.67. The fourth-order valence-electron chi connectivity index (χ4n) is 5.24. The van der Waals surface area contributed by atoms with Crippen LogP contribution in [0.2, 0.25) is 0 Å². The lowest BCUT2D eigenvalue weighted by atomic mass is 10.0. The van der Waals surface area contributed by atoms with Gasteiger partial charge >= 0.3 is 5.97 Å². The third-order valence-electron chi connectivity index (χ3n) is 7.56. The second-order valence-corrected chi connectivity index (χ2v) is 10.3. The summed E-state index contributed by atoms with van der Waals surface area (Å²) >= 11 is 0. The van der Waals surface area contributed by atoms with Crippen LogP contribution in [0, 0.1) is 5.82 Å². The van der Waals surface area contributed by atoms with E-state index < -0.39 is 34.5 Å². The van der Waals surface area contributed by atoms with Crippen molar-refractivity contribution in [1.82, 2.24) is 25.2 Å². The van der Waals surface area contributed by atoms with Crippen LogP contribution in [-0.4, -0.2) is 37.5 Å². The molecule has 222 valence electrons. The number of nitrogens with zero attached hydrogens (tertiary/aromatic N) is 3. The highest BCUT2D eigenvalue weighted by Crippen LogP contribution is 2.32. The van der Waals surface area contributed by atoms with E-state index >= 15 is 0 Å². The number of carboxylic acid groups (broad SMARTS) is 1. The highest BCUT2D eigenvalue weighted by atomic mass is 19.1. The Kier molecular flexibility index (Phi) is 7.09. The predicted octanol–water partition coefficient (Wildman–Crippen LogP) is 1.70. The molecule has 0 bridgehead atoms. The van der Waals surface area contributed by atoms with E-state index in [1.54, 1.807) is 18.2 Å². The average molecular weight is 598 g/mol. The first-order chi connectivity index (χ1) is 21.1. The van der Waals surface area contributed by atoms with E-state index in [-0.39, 0.29) is 58.7 Å². The SMILES string of the molecule is Nc1c(NCc2cc(CNC(=O)c3cc(C(=O)N[C@H]4CCc5cc(C(=O)O)ccc54)n4nccc4n3)ccc2F)c(=O)c1=O. The van der Waals surface area contributed by atoms with E-state index in [1.807, 2.05) is 0 Å². The van der Waals surface area contributed by atoms with Gasteiger partial charge in [-0.1, -0.05) is 12.1 Å². The van der Waals surface area contributed by atoms with Crippen LogP contribution in [0.3, 0.4) is 0 Å². The number of carbonyl (C=O) groups is 3. The summed E-state index contributed by atoms with van der Waals surface area (Å²) in [6.07, 6.45) is 2.64. The Labute approximate surface area is 247 Å². The zero-order chi connectivity index (χ0) is 31.1. The molecule has 1 aliphatic rings. The Balaban J connectivity index is 1.16. The third-order valence-corrected chi connectivity index (χ3v) is 7.56. The van der Waals surface area contributed by atoms with Gasteiger partial charge in [0.1, 0.15) is 28.6 Å². The van der Waals surface area contributed by atoms with Gasteiger partial charge in [-0.2, -0.15) is 5.10 Å². The molecule has 6 rings (SSSR count). The van der Waals surface area contributed by atoms with Gasteiger partial charge in [0.15, 0.2) is 5.65 Å². The van der Waals surface area contributed by atoms with Crippen molar-refractivity contribution in [1.29, 1.82) is 0 Å². The number of benzene rings is 2. The summed E-state index contributed by atoms with van der Waals surface area (Å²) in [6, 6.07) is 11.5. The lowest BCUT2D eigenvalue weighted by molar-refractivity contribution is 0.0696. The fourth-order valence-corrected chi connectivity index (χ4v) is 5.24. The summed E-state index contributed by atoms with van der Waals surface area (Å²) in [5.74, 6) is -2.66. The number of aryl methyl sites for hydroxylation is 1. The number of nitrogens with two attached hydrogens (primary N) is 1. The minimum atomic E-state index is -1.02. The van der Waals surface area contributed by atoms with Crippen LogP contribution in [0.5, 0.6) is 0 Å². The molecule has 1 aliphatic carbocycles. The summed E-state index contributed by atoms with van der Waals surface area (Å²) in [7, 11) is 0. The number of aromatic carboxylic acids is 1. The minimum Gasteiger partial charge on any atom is -0.478 e. The van der Waals surface area contributed by atoms with Crippen molar-refractivity contribution in [2.24, 2.45) is 0 Å². The summed E-state index contributed by atoms with van der Waals surface area (Å²) in [5.41, 5.74) is 6.61. The van der Waals surface area contributed by atoms with Gasteiger partial charge in [-0.05, 0) is 53.8 Å². The van der Waals surface area contributed by atoms with Crippen LogP contribution in [0.25, 0.3) is 5.65 Å². The molecule has 2 aromatic heterocycles. The summed E-state index contributed by atoms with van der Waals surface area (Å²) in [4.78, 5) is 65.0. The van der Waals surface area contributed by atoms with Crippen molar-refractivity contribution in [2.75, 3.05) is 11.1 Å². The Morgan fingerprint density at radius 2 is 1.84 bits per heavy atom. The number of nitrogen functional groups attached to an aromatic ring is 1. The number of carboxylic acids is 1. The number of hydrogen-bond donors (Lipinski definition) is 5. The van der Waals surface area contributed by atoms with E-state index in [1.165, 1.54) is 41.0 Å². The number of carbonyl (C=O) groups excluding carboxylic acids is 2. The highest BCUT2D eigenvalue weighted by molar-refractivity contribution is 5.98. The Morgan fingerprint density at radius 3 is 2.61 bits per heavy atom. The molecule has 0 spiro atoms. The van der Waals surface area contributed by atoms with E-state index in [4.69, 9.17) is 5.73 Å². The van der Waals surface area contributed by atoms with Gasteiger partial charge in [0.25, 0.3) is 22.7 Å². The van der Waals surface area contributed by atoms with Crippen molar-refractivity contribution in [3.8, 4) is 0 Å². The summed E-state index contributed by atoms with van der Waals surface area (Å²) in [5, 5.41) is 21.8. The first-order valence-electron chi connectivity index (χ1n) is 13.5. The quantitative estimate of drug-likeness (QED) is 0.156. The molecular formula is C30H24FN7O6. The highest BCUT2D eigenvalue weighted by Gasteiger charge is 2.27. The monoisotopic (exact) mass is 597 g/mol. The number of rotatable bonds is 9. The second-order valence-electron chi connectivity index (χ2n) is 10.3. The molecule has 14 heteroatoms. The van der Waals surface area contributed by atoms with Crippen molar-refractivity contribution in [2.45, 2.75) is 32.0 Å². The van der Waals surface area contributed by atoms with Gasteiger partial charge in [0, 0.05) is 30.8 Å². The predicted molar refractivity (Wildman–Crippen MR) is 156 cm³/mol. The van der Waals surface area contributed by atoms with Gasteiger partial charge in [0.2, 0.25) is 0 Å². The second kappa shape index (κ2) is 11.1. The van der Waals surface area contributed by atoms with Crippen molar-refractivity contribution < 1.29 is 23.9 Å². The maximum absolute atomic E-state index is 14.4. The van der Waals surface area contributed by atoms with Gasteiger partial charge in [-0.25, -0.2) is 18.7 Å². The molecule has 2 heterocycles. The number of halogens is 1. The molecule has 0 saturated carbocycles. The van der Waals surface area contributed by atoms with Crippen LogP contribution in [-0.2, 0) is 19.5 Å². The number of hydrogen-bond acceptors (Lipinski definition) is 9. The van der Waals surface area contributed by atoms with E-state index in [0.29, 0.717) is 18.4 Å². The molecular weight excluding hydrogens is 573 g/mol. The molecule has 44 heavy (non-hydrogen) atoms. The van der Waals surface area contributed by atoms with Gasteiger partial charge in [0.05, 0.1) is 17.8 Å². The molecule has 1 atom stereocenters. The van der Waals surface area contributed by atoms with Crippen molar-refractivity contribution >= 4 is 34.8 Å². The molecule has 13 nitrogen and oxygen atoms in total. The smallest absolute Gasteiger partial charge is 0.335 e. The third kappa shape index (κ3) is 5.12. The topological polar surface area (TPSA) is 198 Å². The van der Waals surface area contributed by atoms with E-state index in [0.717, 1.165) is 11.1 Å². The van der Waals surface area contributed by atoms with Gasteiger partial charge in [-0.3, -0.25) is 19.2 Å². The zero-order valence-electron chi connectivity index (χ0n) is 22.9. The lowest BCUT2D eigenvalue weighted by Gasteiger charge is -2.15. The zero-order valence-corrected chi connectivity index (χ0v) is 22.9. The Hall–Kier alpha value is -5.92. The maximum atomic E-state index is 14.4. The molecule has 3 aromatic carbocycles. The Morgan fingerprint density at radius 1 is 1.02 bits per heavy atom. The standard InChI is InChI=1S/C30H24FN7O6/c31-19-5-1-14(9-17(19)13-33-25-24(32)26(39)27(25)40)12-34-28(41)21-11-22(38-23(36-21)7-8-35-38)29(42)37-20-6-3-15-10-16(30(43)44)2-4-18(15)20/h1-2,4-5,7-11,20,33H,3,6,12-13,32H2,(H,34,41)(H,37,42)(H,43,44)/t20-/m0/s1. The minimum absolute atomic E-state index is 0.000788. The number of fused-ring (bicyclic) bond motifs is 2. The number of nitrogens with one attached hydrogen (secondary N) is 3. The molecule has 0 unspecified atom stereocenters. The van der Waals surface area contributed by atoms with Crippen LogP contribution < -0.4 is 32.5 Å². The van der Waals surface area contributed by atoms with Crippen LogP contribution in [0.4, 0.5) is 15.8 Å². The fraction of sp³-hybridized carbons (Fsp3) is 0.167.